The van der Waals surface area contributed by atoms with Gasteiger partial charge in [0.05, 0.1) is 29.1 Å². The summed E-state index contributed by atoms with van der Waals surface area (Å²) in [6, 6.07) is 10.0. The summed E-state index contributed by atoms with van der Waals surface area (Å²) in [6.07, 6.45) is -0.124. The van der Waals surface area contributed by atoms with Gasteiger partial charge in [0.25, 0.3) is 0 Å². The summed E-state index contributed by atoms with van der Waals surface area (Å²) in [4.78, 5) is 11.6. The normalized spacial score (nSPS) is 21.4. The molecule has 2 N–H and O–H groups in total. The lowest BCUT2D eigenvalue weighted by molar-refractivity contribution is -0.150. The molecule has 4 aromatic rings. The van der Waals surface area contributed by atoms with Crippen LogP contribution in [0.2, 0.25) is 0 Å². The van der Waals surface area contributed by atoms with Gasteiger partial charge in [-0.1, -0.05) is 18.2 Å². The third kappa shape index (κ3) is 3.70. The molecule has 9 heteroatoms. The lowest BCUT2D eigenvalue weighted by Gasteiger charge is -2.43. The maximum Gasteiger partial charge on any atom is 0.143 e. The van der Waals surface area contributed by atoms with Gasteiger partial charge < -0.3 is 9.84 Å². The van der Waals surface area contributed by atoms with E-state index in [1.54, 1.807) is 7.11 Å². The molecule has 2 atom stereocenters. The maximum atomic E-state index is 11.3. The number of methoxy groups -OCH3 is 1. The summed E-state index contributed by atoms with van der Waals surface area (Å²) in [5, 5.41) is 24.5. The second kappa shape index (κ2) is 8.57. The van der Waals surface area contributed by atoms with Crippen LogP contribution in [0.15, 0.2) is 30.3 Å². The highest BCUT2D eigenvalue weighted by atomic mass is 16.5. The van der Waals surface area contributed by atoms with Crippen LogP contribution >= 0.6 is 0 Å². The first-order chi connectivity index (χ1) is 16.3. The van der Waals surface area contributed by atoms with Crippen molar-refractivity contribution in [3.8, 4) is 11.3 Å². The van der Waals surface area contributed by atoms with Crippen LogP contribution in [-0.2, 0) is 23.9 Å². The van der Waals surface area contributed by atoms with Crippen molar-refractivity contribution in [2.24, 2.45) is 7.05 Å². The van der Waals surface area contributed by atoms with Crippen LogP contribution in [0.3, 0.4) is 0 Å². The Morgan fingerprint density at radius 2 is 1.97 bits per heavy atom. The van der Waals surface area contributed by atoms with Crippen molar-refractivity contribution < 1.29 is 9.84 Å². The Morgan fingerprint density at radius 3 is 2.68 bits per heavy atom. The van der Waals surface area contributed by atoms with Crippen molar-refractivity contribution in [2.75, 3.05) is 20.2 Å². The number of hydrogen-bond acceptors (Lipinski definition) is 7. The summed E-state index contributed by atoms with van der Waals surface area (Å²) in [7, 11) is 3.58. The van der Waals surface area contributed by atoms with Crippen LogP contribution in [0.1, 0.15) is 35.0 Å². The molecule has 0 unspecified atom stereocenters. The van der Waals surface area contributed by atoms with Gasteiger partial charge in [0.15, 0.2) is 0 Å². The van der Waals surface area contributed by atoms with Gasteiger partial charge in [0.2, 0.25) is 0 Å². The number of likely N-dealkylation sites (tertiary alicyclic amines) is 1. The summed E-state index contributed by atoms with van der Waals surface area (Å²) >= 11 is 0. The summed E-state index contributed by atoms with van der Waals surface area (Å²) in [5.74, 6) is 0.764. The molecular weight excluding hydrogens is 430 g/mol. The van der Waals surface area contributed by atoms with E-state index in [1.807, 2.05) is 62.8 Å². The lowest BCUT2D eigenvalue weighted by atomic mass is 9.84. The molecule has 1 aliphatic heterocycles. The van der Waals surface area contributed by atoms with Crippen molar-refractivity contribution in [1.29, 1.82) is 0 Å². The number of H-pyrrole nitrogens is 1. The second-order valence-corrected chi connectivity index (χ2v) is 9.17. The molecule has 0 saturated carbocycles. The van der Waals surface area contributed by atoms with Crippen molar-refractivity contribution in [3.05, 3.63) is 58.9 Å². The van der Waals surface area contributed by atoms with Crippen LogP contribution in [0.5, 0.6) is 0 Å². The largest absolute Gasteiger partial charge is 0.388 e. The molecule has 0 spiro atoms. The predicted molar refractivity (Wildman–Crippen MR) is 129 cm³/mol. The number of aromatic amines is 1. The standard InChI is InChI=1S/C25H31N7O2/c1-15-18-8-6-7-9-19(18)27-23(26-15)14-32-11-10-25(34-5,22(33)13-32)21-12-20(28-29-21)24-16(2)30-31(4)17(24)3/h6-9,12,22,33H,10-11,13-14H2,1-5H3,(H,28,29)/t22-,25-/m1/s1. The van der Waals surface area contributed by atoms with Gasteiger partial charge in [-0.15, -0.1) is 0 Å². The number of nitrogens with zero attached hydrogens (tertiary/aromatic N) is 6. The minimum Gasteiger partial charge on any atom is -0.388 e. The Balaban J connectivity index is 1.37. The highest BCUT2D eigenvalue weighted by molar-refractivity contribution is 5.80. The molecule has 3 aromatic heterocycles. The monoisotopic (exact) mass is 461 g/mol. The number of aryl methyl sites for hydroxylation is 3. The van der Waals surface area contributed by atoms with Crippen molar-refractivity contribution in [3.63, 3.8) is 0 Å². The third-order valence-corrected chi connectivity index (χ3v) is 7.14. The molecule has 1 aromatic carbocycles. The summed E-state index contributed by atoms with van der Waals surface area (Å²) in [5.41, 5.74) is 5.61. The number of aromatic nitrogens is 6. The van der Waals surface area contributed by atoms with Crippen LogP contribution in [0.25, 0.3) is 22.2 Å². The fourth-order valence-corrected chi connectivity index (χ4v) is 5.16. The lowest BCUT2D eigenvalue weighted by Crippen LogP contribution is -2.54. The SMILES string of the molecule is CO[C@@]1(c2cc(-c3c(C)nn(C)c3C)n[nH]2)CCN(Cc2nc(C)c3ccccc3n2)C[C@H]1O. The van der Waals surface area contributed by atoms with Crippen molar-refractivity contribution in [1.82, 2.24) is 34.8 Å². The number of nitrogens with one attached hydrogen (secondary N) is 1. The quantitative estimate of drug-likeness (QED) is 0.471. The number of ether oxygens (including phenoxy) is 1. The number of fused-ring (bicyclic) bond motifs is 1. The fraction of sp³-hybridized carbons (Fsp3) is 0.440. The first-order valence-corrected chi connectivity index (χ1v) is 11.6. The van der Waals surface area contributed by atoms with E-state index in [-0.39, 0.29) is 0 Å². The number of para-hydroxylation sites is 1. The van der Waals surface area contributed by atoms with Crippen molar-refractivity contribution in [2.45, 2.75) is 45.4 Å². The fourth-order valence-electron chi connectivity index (χ4n) is 5.16. The Morgan fingerprint density at radius 1 is 1.18 bits per heavy atom. The Kier molecular flexibility index (Phi) is 5.71. The minimum atomic E-state index is -0.855. The molecule has 0 amide bonds. The van der Waals surface area contributed by atoms with Crippen LogP contribution in [0.4, 0.5) is 0 Å². The number of β-amino-alcohol motifs (C(OH)–C–C–N with tert-alkyl or cyclic N) is 1. The molecule has 1 fully saturated rings. The van der Waals surface area contributed by atoms with Gasteiger partial charge in [-0.3, -0.25) is 14.7 Å². The van der Waals surface area contributed by atoms with Gasteiger partial charge in [-0.05, 0) is 39.3 Å². The van der Waals surface area contributed by atoms with Gasteiger partial charge in [0, 0.05) is 49.6 Å². The smallest absolute Gasteiger partial charge is 0.143 e. The van der Waals surface area contributed by atoms with E-state index in [2.05, 4.69) is 20.2 Å². The van der Waals surface area contributed by atoms with E-state index < -0.39 is 11.7 Å². The highest BCUT2D eigenvalue weighted by Gasteiger charge is 2.46. The highest BCUT2D eigenvalue weighted by Crippen LogP contribution is 2.38. The molecule has 0 radical (unpaired) electrons. The second-order valence-electron chi connectivity index (χ2n) is 9.17. The Labute approximate surface area is 198 Å². The van der Waals surface area contributed by atoms with Gasteiger partial charge >= 0.3 is 0 Å². The summed E-state index contributed by atoms with van der Waals surface area (Å²) < 4.78 is 7.82. The molecule has 9 nitrogen and oxygen atoms in total. The number of piperidine rings is 1. The van der Waals surface area contributed by atoms with Gasteiger partial charge in [0.1, 0.15) is 17.5 Å². The number of aliphatic hydroxyl groups excluding tert-OH is 1. The van der Waals surface area contributed by atoms with Crippen LogP contribution in [-0.4, -0.2) is 66.3 Å². The van der Waals surface area contributed by atoms with E-state index in [1.165, 1.54) is 0 Å². The molecule has 1 saturated heterocycles. The van der Waals surface area contributed by atoms with E-state index >= 15 is 0 Å². The average molecular weight is 462 g/mol. The molecular formula is C25H31N7O2. The first kappa shape index (κ1) is 22.6. The first-order valence-electron chi connectivity index (χ1n) is 11.6. The number of hydrogen-bond donors (Lipinski definition) is 2. The number of benzene rings is 1. The van der Waals surface area contributed by atoms with Gasteiger partial charge in [-0.25, -0.2) is 9.97 Å². The molecule has 0 aliphatic carbocycles. The topological polar surface area (TPSA) is 105 Å². The average Bonchev–Trinajstić information content (AvgIpc) is 3.38. The van der Waals surface area contributed by atoms with Gasteiger partial charge in [-0.2, -0.15) is 10.2 Å². The molecule has 0 bridgehead atoms. The third-order valence-electron chi connectivity index (χ3n) is 7.14. The zero-order chi connectivity index (χ0) is 24.0. The minimum absolute atomic E-state index is 0.447. The number of rotatable bonds is 5. The van der Waals surface area contributed by atoms with E-state index in [4.69, 9.17) is 14.7 Å². The molecule has 178 valence electrons. The molecule has 34 heavy (non-hydrogen) atoms. The zero-order valence-corrected chi connectivity index (χ0v) is 20.3. The predicted octanol–water partition coefficient (Wildman–Crippen LogP) is 2.79. The maximum absolute atomic E-state index is 11.3. The Bertz CT molecular complexity index is 1340. The van der Waals surface area contributed by atoms with E-state index in [9.17, 15) is 5.11 Å². The summed E-state index contributed by atoms with van der Waals surface area (Å²) in [6.45, 7) is 7.77. The Hall–Kier alpha value is -3.14. The van der Waals surface area contributed by atoms with Crippen molar-refractivity contribution >= 4 is 10.9 Å². The molecule has 4 heterocycles. The molecule has 1 aliphatic rings. The van der Waals surface area contributed by atoms with E-state index in [0.717, 1.165) is 57.3 Å². The van der Waals surface area contributed by atoms with E-state index in [0.29, 0.717) is 19.5 Å². The van der Waals surface area contributed by atoms with Crippen LogP contribution in [0, 0.1) is 20.8 Å². The number of aliphatic hydroxyl groups is 1. The zero-order valence-electron chi connectivity index (χ0n) is 20.3. The van der Waals surface area contributed by atoms with Crippen LogP contribution < -0.4 is 0 Å². The molecule has 5 rings (SSSR count).